The van der Waals surface area contributed by atoms with Crippen LogP contribution in [0.25, 0.3) is 22.3 Å². The first-order valence-electron chi connectivity index (χ1n) is 8.19. The van der Waals surface area contributed by atoms with Crippen molar-refractivity contribution in [3.05, 3.63) is 42.1 Å². The Morgan fingerprint density at radius 3 is 2.73 bits per heavy atom. The van der Waals surface area contributed by atoms with Gasteiger partial charge in [-0.15, -0.1) is 0 Å². The Morgan fingerprint density at radius 1 is 1.23 bits per heavy atom. The Bertz CT molecular complexity index is 996. The summed E-state index contributed by atoms with van der Waals surface area (Å²) >= 11 is 0. The molecule has 1 fully saturated rings. The standard InChI is InChI=1S/C18H17N5O3/c1-22-6-7-23(10-16(22)25)18(26)13-8-15(11-2-4-12(24)5-3-11)20-17-14(13)9-19-21-17/h2-5,8-9,24H,6-7,10H2,1H3,(H,19,20,21). The molecule has 2 amide bonds. The van der Waals surface area contributed by atoms with Crippen molar-refractivity contribution in [1.29, 1.82) is 0 Å². The lowest BCUT2D eigenvalue weighted by Crippen LogP contribution is -2.50. The Balaban J connectivity index is 1.76. The second-order valence-electron chi connectivity index (χ2n) is 6.28. The molecule has 1 saturated heterocycles. The maximum atomic E-state index is 13.0. The summed E-state index contributed by atoms with van der Waals surface area (Å²) in [7, 11) is 1.73. The number of H-pyrrole nitrogens is 1. The van der Waals surface area contributed by atoms with Crippen LogP contribution in [0.15, 0.2) is 36.5 Å². The smallest absolute Gasteiger partial charge is 0.255 e. The molecule has 0 spiro atoms. The number of hydrogen-bond acceptors (Lipinski definition) is 5. The number of pyridine rings is 1. The number of hydrogen-bond donors (Lipinski definition) is 2. The molecule has 1 aliphatic rings. The molecule has 0 unspecified atom stereocenters. The van der Waals surface area contributed by atoms with Crippen molar-refractivity contribution in [1.82, 2.24) is 25.0 Å². The number of phenolic OH excluding ortho intramolecular Hbond substituents is 1. The maximum absolute atomic E-state index is 13.0. The summed E-state index contributed by atoms with van der Waals surface area (Å²) in [5, 5.41) is 16.9. The fourth-order valence-corrected chi connectivity index (χ4v) is 2.99. The number of nitrogens with zero attached hydrogens (tertiary/aromatic N) is 4. The highest BCUT2D eigenvalue weighted by Gasteiger charge is 2.27. The quantitative estimate of drug-likeness (QED) is 0.723. The SMILES string of the molecule is CN1CCN(C(=O)c2cc(-c3ccc(O)cc3)nc3[nH]ncc23)CC1=O. The van der Waals surface area contributed by atoms with Crippen molar-refractivity contribution in [2.45, 2.75) is 0 Å². The highest BCUT2D eigenvalue weighted by Crippen LogP contribution is 2.26. The summed E-state index contributed by atoms with van der Waals surface area (Å²) < 4.78 is 0. The number of carbonyl (C=O) groups is 2. The number of carbonyl (C=O) groups excluding carboxylic acids is 2. The zero-order valence-electron chi connectivity index (χ0n) is 14.1. The number of nitrogens with one attached hydrogen (secondary N) is 1. The number of piperazine rings is 1. The molecule has 4 rings (SSSR count). The molecule has 3 aromatic rings. The summed E-state index contributed by atoms with van der Waals surface area (Å²) in [6.07, 6.45) is 1.56. The predicted octanol–water partition coefficient (Wildman–Crippen LogP) is 1.24. The second kappa shape index (κ2) is 6.14. The van der Waals surface area contributed by atoms with Gasteiger partial charge in [-0.3, -0.25) is 14.7 Å². The van der Waals surface area contributed by atoms with E-state index in [1.54, 1.807) is 53.4 Å². The number of benzene rings is 1. The van der Waals surface area contributed by atoms with E-state index in [-0.39, 0.29) is 24.1 Å². The molecule has 0 aliphatic carbocycles. The van der Waals surface area contributed by atoms with Gasteiger partial charge in [-0.2, -0.15) is 5.10 Å². The Labute approximate surface area is 149 Å². The van der Waals surface area contributed by atoms with Crippen LogP contribution in [0.2, 0.25) is 0 Å². The summed E-state index contributed by atoms with van der Waals surface area (Å²) in [5.74, 6) is -0.148. The largest absolute Gasteiger partial charge is 0.508 e. The minimum absolute atomic E-state index is 0.0611. The summed E-state index contributed by atoms with van der Waals surface area (Å²) in [4.78, 5) is 32.7. The van der Waals surface area contributed by atoms with Crippen LogP contribution in [0.1, 0.15) is 10.4 Å². The molecule has 132 valence electrons. The fraction of sp³-hybridized carbons (Fsp3) is 0.222. The zero-order chi connectivity index (χ0) is 18.3. The first kappa shape index (κ1) is 16.1. The van der Waals surface area contributed by atoms with Crippen molar-refractivity contribution >= 4 is 22.8 Å². The highest BCUT2D eigenvalue weighted by molar-refractivity contribution is 6.07. The third kappa shape index (κ3) is 2.75. The van der Waals surface area contributed by atoms with Gasteiger partial charge in [-0.05, 0) is 30.3 Å². The van der Waals surface area contributed by atoms with Crippen LogP contribution in [-0.2, 0) is 4.79 Å². The molecule has 0 atom stereocenters. The molecule has 8 heteroatoms. The van der Waals surface area contributed by atoms with Gasteiger partial charge in [-0.25, -0.2) is 4.98 Å². The van der Waals surface area contributed by atoms with Gasteiger partial charge in [0.25, 0.3) is 5.91 Å². The molecule has 2 N–H and O–H groups in total. The van der Waals surface area contributed by atoms with Gasteiger partial charge in [0.2, 0.25) is 5.91 Å². The van der Waals surface area contributed by atoms with Crippen molar-refractivity contribution in [2.24, 2.45) is 0 Å². The van der Waals surface area contributed by atoms with Crippen LogP contribution in [0.4, 0.5) is 0 Å². The van der Waals surface area contributed by atoms with Gasteiger partial charge < -0.3 is 14.9 Å². The number of aromatic hydroxyl groups is 1. The fourth-order valence-electron chi connectivity index (χ4n) is 2.99. The van der Waals surface area contributed by atoms with E-state index in [1.165, 1.54) is 0 Å². The molecule has 0 bridgehead atoms. The lowest BCUT2D eigenvalue weighted by atomic mass is 10.1. The lowest BCUT2D eigenvalue weighted by molar-refractivity contribution is -0.133. The van der Waals surface area contributed by atoms with Gasteiger partial charge in [0, 0.05) is 25.7 Å². The minimum atomic E-state index is -0.222. The van der Waals surface area contributed by atoms with Gasteiger partial charge >= 0.3 is 0 Å². The third-order valence-electron chi connectivity index (χ3n) is 4.56. The maximum Gasteiger partial charge on any atom is 0.255 e. The van der Waals surface area contributed by atoms with E-state index in [9.17, 15) is 14.7 Å². The molecule has 3 heterocycles. The first-order valence-corrected chi connectivity index (χ1v) is 8.19. The van der Waals surface area contributed by atoms with E-state index >= 15 is 0 Å². The number of fused-ring (bicyclic) bond motifs is 1. The Kier molecular flexibility index (Phi) is 3.80. The Morgan fingerprint density at radius 2 is 2.00 bits per heavy atom. The van der Waals surface area contributed by atoms with Crippen LogP contribution in [0.5, 0.6) is 5.75 Å². The zero-order valence-corrected chi connectivity index (χ0v) is 14.1. The number of aromatic amines is 1. The van der Waals surface area contributed by atoms with E-state index in [2.05, 4.69) is 15.2 Å². The van der Waals surface area contributed by atoms with Crippen molar-refractivity contribution in [2.75, 3.05) is 26.7 Å². The molecule has 0 radical (unpaired) electrons. The highest BCUT2D eigenvalue weighted by atomic mass is 16.3. The van der Waals surface area contributed by atoms with Gasteiger partial charge in [-0.1, -0.05) is 0 Å². The molecule has 26 heavy (non-hydrogen) atoms. The van der Waals surface area contributed by atoms with Gasteiger partial charge in [0.15, 0.2) is 5.65 Å². The number of phenols is 1. The molecule has 0 saturated carbocycles. The second-order valence-corrected chi connectivity index (χ2v) is 6.28. The normalized spacial score (nSPS) is 14.9. The van der Waals surface area contributed by atoms with Crippen molar-refractivity contribution in [3.8, 4) is 17.0 Å². The summed E-state index contributed by atoms with van der Waals surface area (Å²) in [6, 6.07) is 8.29. The van der Waals surface area contributed by atoms with E-state index in [0.29, 0.717) is 35.4 Å². The average Bonchev–Trinajstić information content (AvgIpc) is 3.12. The first-order chi connectivity index (χ1) is 12.5. The third-order valence-corrected chi connectivity index (χ3v) is 4.56. The lowest BCUT2D eigenvalue weighted by Gasteiger charge is -2.32. The van der Waals surface area contributed by atoms with Crippen molar-refractivity contribution < 1.29 is 14.7 Å². The van der Waals surface area contributed by atoms with Crippen LogP contribution in [-0.4, -0.2) is 68.6 Å². The van der Waals surface area contributed by atoms with Crippen LogP contribution in [0, 0.1) is 0 Å². The number of likely N-dealkylation sites (N-methyl/N-ethyl adjacent to an activating group) is 1. The van der Waals surface area contributed by atoms with Crippen LogP contribution in [0.3, 0.4) is 0 Å². The average molecular weight is 351 g/mol. The predicted molar refractivity (Wildman–Crippen MR) is 94.5 cm³/mol. The Hall–Kier alpha value is -3.42. The molecule has 8 nitrogen and oxygen atoms in total. The van der Waals surface area contributed by atoms with Gasteiger partial charge in [0.1, 0.15) is 12.3 Å². The molecule has 1 aromatic carbocycles. The molecule has 2 aromatic heterocycles. The van der Waals surface area contributed by atoms with Crippen LogP contribution < -0.4 is 0 Å². The van der Waals surface area contributed by atoms with E-state index in [1.807, 2.05) is 0 Å². The molecule has 1 aliphatic heterocycles. The summed E-state index contributed by atoms with van der Waals surface area (Å²) in [5.41, 5.74) is 2.30. The van der Waals surface area contributed by atoms with E-state index in [0.717, 1.165) is 5.56 Å². The topological polar surface area (TPSA) is 102 Å². The minimum Gasteiger partial charge on any atom is -0.508 e. The van der Waals surface area contributed by atoms with Gasteiger partial charge in [0.05, 0.1) is 22.8 Å². The van der Waals surface area contributed by atoms with Crippen LogP contribution >= 0.6 is 0 Å². The monoisotopic (exact) mass is 351 g/mol. The number of rotatable bonds is 2. The van der Waals surface area contributed by atoms with E-state index in [4.69, 9.17) is 0 Å². The summed E-state index contributed by atoms with van der Waals surface area (Å²) in [6.45, 7) is 1.05. The van der Waals surface area contributed by atoms with Crippen molar-refractivity contribution in [3.63, 3.8) is 0 Å². The van der Waals surface area contributed by atoms with E-state index < -0.39 is 0 Å². The molecular weight excluding hydrogens is 334 g/mol. The number of amides is 2. The number of aromatic nitrogens is 3. The molecular formula is C18H17N5O3.